The van der Waals surface area contributed by atoms with Crippen LogP contribution in [0.25, 0.3) is 0 Å². The van der Waals surface area contributed by atoms with Crippen molar-refractivity contribution in [2.24, 2.45) is 5.92 Å². The van der Waals surface area contributed by atoms with Gasteiger partial charge >= 0.3 is 0 Å². The molecule has 5 nitrogen and oxygen atoms in total. The topological polar surface area (TPSA) is 58.4 Å². The highest BCUT2D eigenvalue weighted by Gasteiger charge is 2.34. The molecule has 1 N–H and O–H groups in total. The van der Waals surface area contributed by atoms with E-state index in [2.05, 4.69) is 10.2 Å². The number of nitrogens with zero attached hydrogens (tertiary/aromatic N) is 2. The smallest absolute Gasteiger partial charge is 0.293 e. The lowest BCUT2D eigenvalue weighted by Crippen LogP contribution is -2.25. The van der Waals surface area contributed by atoms with Crippen molar-refractivity contribution in [3.05, 3.63) is 31.6 Å². The molecule has 1 aliphatic heterocycles. The summed E-state index contributed by atoms with van der Waals surface area (Å²) < 4.78 is 13.9. The first-order valence-corrected chi connectivity index (χ1v) is 8.24. The Morgan fingerprint density at radius 2 is 2.19 bits per heavy atom. The molecule has 1 aromatic rings. The van der Waals surface area contributed by atoms with Crippen LogP contribution < -0.4 is 5.32 Å². The minimum atomic E-state index is -0.463. The third-order valence-corrected chi connectivity index (χ3v) is 5.02. The minimum Gasteiger partial charge on any atom is -0.379 e. The van der Waals surface area contributed by atoms with E-state index in [1.165, 1.54) is 25.0 Å². The summed E-state index contributed by atoms with van der Waals surface area (Å²) in [6.07, 6.45) is 3.70. The minimum absolute atomic E-state index is 0.0576. The maximum absolute atomic E-state index is 13.6. The average Bonchev–Trinajstić information content (AvgIpc) is 3.19. The van der Waals surface area contributed by atoms with E-state index in [1.807, 2.05) is 0 Å². The largest absolute Gasteiger partial charge is 0.379 e. The molecule has 0 aromatic heterocycles. The van der Waals surface area contributed by atoms with Crippen molar-refractivity contribution in [1.82, 2.24) is 4.90 Å². The number of nitro groups is 1. The maximum atomic E-state index is 13.6. The van der Waals surface area contributed by atoms with Crippen molar-refractivity contribution < 1.29 is 9.31 Å². The van der Waals surface area contributed by atoms with Crippen LogP contribution in [0.3, 0.4) is 0 Å². The zero-order valence-electron chi connectivity index (χ0n) is 11.5. The molecule has 0 amide bonds. The Morgan fingerprint density at radius 3 is 2.86 bits per heavy atom. The van der Waals surface area contributed by atoms with Gasteiger partial charge in [0.2, 0.25) is 0 Å². The van der Waals surface area contributed by atoms with Gasteiger partial charge < -0.3 is 10.2 Å². The van der Waals surface area contributed by atoms with Gasteiger partial charge in [0.1, 0.15) is 11.5 Å². The molecule has 2 aliphatic rings. The van der Waals surface area contributed by atoms with Gasteiger partial charge in [0.05, 0.1) is 8.49 Å². The summed E-state index contributed by atoms with van der Waals surface area (Å²) in [5, 5.41) is 14.1. The predicted octanol–water partition coefficient (Wildman–Crippen LogP) is 3.23. The van der Waals surface area contributed by atoms with Crippen LogP contribution in [0.4, 0.5) is 15.8 Å². The van der Waals surface area contributed by atoms with Gasteiger partial charge in [0.25, 0.3) is 5.69 Å². The number of rotatable bonds is 5. The van der Waals surface area contributed by atoms with Gasteiger partial charge in [-0.3, -0.25) is 10.1 Å². The molecule has 21 heavy (non-hydrogen) atoms. The van der Waals surface area contributed by atoms with Crippen LogP contribution in [0.5, 0.6) is 0 Å². The quantitative estimate of drug-likeness (QED) is 0.464. The Bertz CT molecular complexity index is 565. The number of nitrogens with one attached hydrogen (secondary N) is 1. The fourth-order valence-electron chi connectivity index (χ4n) is 2.88. The van der Waals surface area contributed by atoms with E-state index in [4.69, 9.17) is 0 Å². The van der Waals surface area contributed by atoms with Crippen molar-refractivity contribution >= 4 is 34.0 Å². The SMILES string of the molecule is O=[N+]([O-])c1cc(I)c(F)cc1NCC1CCN(C2CC2)C1. The molecule has 1 atom stereocenters. The summed E-state index contributed by atoms with van der Waals surface area (Å²) >= 11 is 1.77. The van der Waals surface area contributed by atoms with Crippen LogP contribution in [0.15, 0.2) is 12.1 Å². The molecule has 1 saturated carbocycles. The van der Waals surface area contributed by atoms with Crippen molar-refractivity contribution in [2.45, 2.75) is 25.3 Å². The van der Waals surface area contributed by atoms with Crippen LogP contribution in [0, 0.1) is 25.4 Å². The molecule has 1 heterocycles. The number of hydrogen-bond acceptors (Lipinski definition) is 4. The van der Waals surface area contributed by atoms with Crippen LogP contribution in [0.2, 0.25) is 0 Å². The Hall–Kier alpha value is -0.960. The summed E-state index contributed by atoms with van der Waals surface area (Å²) in [6.45, 7) is 2.81. The Labute approximate surface area is 136 Å². The standard InChI is InChI=1S/C14H17FIN3O2/c15-11-5-13(14(19(20)21)6-12(11)16)17-7-9-3-4-18(8-9)10-1-2-10/h5-6,9-10,17H,1-4,7-8H2. The normalized spacial score (nSPS) is 22.5. The monoisotopic (exact) mass is 405 g/mol. The van der Waals surface area contributed by atoms with Crippen LogP contribution >= 0.6 is 22.6 Å². The highest BCUT2D eigenvalue weighted by Crippen LogP contribution is 2.33. The van der Waals surface area contributed by atoms with Gasteiger partial charge in [-0.05, 0) is 54.3 Å². The molecule has 7 heteroatoms. The van der Waals surface area contributed by atoms with Gasteiger partial charge in [0, 0.05) is 31.3 Å². The Morgan fingerprint density at radius 1 is 1.43 bits per heavy atom. The summed E-state index contributed by atoms with van der Waals surface area (Å²) in [5.41, 5.74) is 0.223. The molecule has 1 aliphatic carbocycles. The van der Waals surface area contributed by atoms with E-state index in [9.17, 15) is 14.5 Å². The summed E-state index contributed by atoms with van der Waals surface area (Å²) in [5.74, 6) is 0.0577. The van der Waals surface area contributed by atoms with Crippen molar-refractivity contribution in [2.75, 3.05) is 25.0 Å². The first-order valence-electron chi connectivity index (χ1n) is 7.16. The van der Waals surface area contributed by atoms with Gasteiger partial charge in [-0.15, -0.1) is 0 Å². The fourth-order valence-corrected chi connectivity index (χ4v) is 3.33. The van der Waals surface area contributed by atoms with Crippen LogP contribution in [-0.2, 0) is 0 Å². The summed E-state index contributed by atoms with van der Waals surface area (Å²) in [7, 11) is 0. The molecular formula is C14H17FIN3O2. The first-order chi connectivity index (χ1) is 10.0. The second kappa shape index (κ2) is 6.04. The van der Waals surface area contributed by atoms with E-state index in [-0.39, 0.29) is 14.9 Å². The van der Waals surface area contributed by atoms with E-state index in [0.29, 0.717) is 12.5 Å². The zero-order chi connectivity index (χ0) is 15.0. The summed E-state index contributed by atoms with van der Waals surface area (Å²) in [4.78, 5) is 13.1. The second-order valence-electron chi connectivity index (χ2n) is 5.80. The van der Waals surface area contributed by atoms with Gasteiger partial charge in [-0.1, -0.05) is 0 Å². The predicted molar refractivity (Wildman–Crippen MR) is 87.0 cm³/mol. The number of hydrogen-bond donors (Lipinski definition) is 1. The molecule has 114 valence electrons. The third kappa shape index (κ3) is 3.45. The van der Waals surface area contributed by atoms with E-state index in [0.717, 1.165) is 25.6 Å². The number of likely N-dealkylation sites (tertiary alicyclic amines) is 1. The van der Waals surface area contributed by atoms with E-state index < -0.39 is 10.7 Å². The zero-order valence-corrected chi connectivity index (χ0v) is 13.7. The van der Waals surface area contributed by atoms with Crippen LogP contribution in [0.1, 0.15) is 19.3 Å². The van der Waals surface area contributed by atoms with Gasteiger partial charge in [-0.2, -0.15) is 0 Å². The molecule has 1 unspecified atom stereocenters. The fraction of sp³-hybridized carbons (Fsp3) is 0.571. The number of benzene rings is 1. The molecule has 2 fully saturated rings. The van der Waals surface area contributed by atoms with Crippen molar-refractivity contribution in [1.29, 1.82) is 0 Å². The molecule has 1 saturated heterocycles. The molecular weight excluding hydrogens is 388 g/mol. The third-order valence-electron chi connectivity index (χ3n) is 4.20. The summed E-state index contributed by atoms with van der Waals surface area (Å²) in [6, 6.07) is 3.27. The number of anilines is 1. The molecule has 0 radical (unpaired) electrons. The highest BCUT2D eigenvalue weighted by atomic mass is 127. The van der Waals surface area contributed by atoms with Crippen molar-refractivity contribution in [3.8, 4) is 0 Å². The first kappa shape index (κ1) is 15.0. The lowest BCUT2D eigenvalue weighted by molar-refractivity contribution is -0.384. The second-order valence-corrected chi connectivity index (χ2v) is 6.96. The Kier molecular flexibility index (Phi) is 4.30. The number of halogens is 2. The molecule has 0 bridgehead atoms. The van der Waals surface area contributed by atoms with E-state index >= 15 is 0 Å². The average molecular weight is 405 g/mol. The van der Waals surface area contributed by atoms with Crippen molar-refractivity contribution in [3.63, 3.8) is 0 Å². The van der Waals surface area contributed by atoms with E-state index in [1.54, 1.807) is 22.6 Å². The number of nitro benzene ring substituents is 1. The van der Waals surface area contributed by atoms with Crippen LogP contribution in [-0.4, -0.2) is 35.5 Å². The molecule has 1 aromatic carbocycles. The lowest BCUT2D eigenvalue weighted by Gasteiger charge is -2.15. The van der Waals surface area contributed by atoms with Gasteiger partial charge in [-0.25, -0.2) is 4.39 Å². The molecule has 0 spiro atoms. The lowest BCUT2D eigenvalue weighted by atomic mass is 10.1. The highest BCUT2D eigenvalue weighted by molar-refractivity contribution is 14.1. The van der Waals surface area contributed by atoms with Gasteiger partial charge in [0.15, 0.2) is 0 Å². The Balaban J connectivity index is 1.64. The molecule has 3 rings (SSSR count). The maximum Gasteiger partial charge on any atom is 0.293 e.